The van der Waals surface area contributed by atoms with Crippen molar-refractivity contribution in [3.8, 4) is 23.0 Å². The minimum Gasteiger partial charge on any atom is -0.502 e. The molecule has 2 N–H and O–H groups in total. The molecule has 36 heavy (non-hydrogen) atoms. The van der Waals surface area contributed by atoms with Crippen LogP contribution in [0.15, 0.2) is 72.7 Å². The molecule has 1 amide bonds. The lowest BCUT2D eigenvalue weighted by Gasteiger charge is -2.11. The lowest BCUT2D eigenvalue weighted by Crippen LogP contribution is -2.22. The van der Waals surface area contributed by atoms with Gasteiger partial charge in [0.05, 0.1) is 34.9 Å². The highest BCUT2D eigenvalue weighted by molar-refractivity contribution is 6.08. The first-order valence-corrected chi connectivity index (χ1v) is 11.2. The van der Waals surface area contributed by atoms with E-state index in [1.165, 1.54) is 27.4 Å². The molecule has 0 fully saturated rings. The molecule has 0 unspecified atom stereocenters. The lowest BCUT2D eigenvalue weighted by atomic mass is 10.00. The second kappa shape index (κ2) is 11.4. The summed E-state index contributed by atoms with van der Waals surface area (Å²) in [4.78, 5) is 13.0. The van der Waals surface area contributed by atoms with E-state index in [9.17, 15) is 9.90 Å². The minimum absolute atomic E-state index is 0.0643. The number of carbonyl (C=O) groups excluding carboxylic acids is 1. The van der Waals surface area contributed by atoms with Gasteiger partial charge >= 0.3 is 0 Å². The molecule has 0 aliphatic heterocycles. The molecule has 1 aliphatic carbocycles. The summed E-state index contributed by atoms with van der Waals surface area (Å²) >= 11 is 0. The molecular formula is C29H31NO6. The van der Waals surface area contributed by atoms with Crippen LogP contribution < -0.4 is 19.5 Å². The van der Waals surface area contributed by atoms with Crippen molar-refractivity contribution in [1.29, 1.82) is 0 Å². The Balaban J connectivity index is 2.06. The molecule has 0 bridgehead atoms. The summed E-state index contributed by atoms with van der Waals surface area (Å²) in [5.41, 5.74) is 5.92. The van der Waals surface area contributed by atoms with Crippen molar-refractivity contribution in [2.75, 3.05) is 28.4 Å². The Hall–Kier alpha value is -4.39. The molecule has 3 rings (SSSR count). The van der Waals surface area contributed by atoms with Gasteiger partial charge in [-0.1, -0.05) is 19.2 Å². The number of benzene rings is 2. The van der Waals surface area contributed by atoms with Crippen molar-refractivity contribution in [2.24, 2.45) is 0 Å². The van der Waals surface area contributed by atoms with Gasteiger partial charge in [-0.25, -0.2) is 0 Å². The molecule has 0 radical (unpaired) electrons. The van der Waals surface area contributed by atoms with Gasteiger partial charge in [0.1, 0.15) is 11.5 Å². The number of phenols is 1. The zero-order valence-electron chi connectivity index (χ0n) is 21.2. The maximum absolute atomic E-state index is 13.0. The molecule has 2 aromatic carbocycles. The van der Waals surface area contributed by atoms with Crippen LogP contribution in [0.1, 0.15) is 30.0 Å². The van der Waals surface area contributed by atoms with Gasteiger partial charge < -0.3 is 29.4 Å². The molecule has 0 saturated carbocycles. The summed E-state index contributed by atoms with van der Waals surface area (Å²) in [6, 6.07) is 9.25. The fourth-order valence-electron chi connectivity index (χ4n) is 4.02. The molecule has 0 spiro atoms. The maximum atomic E-state index is 13.0. The number of hydrogen-bond acceptors (Lipinski definition) is 6. The molecule has 7 nitrogen and oxygen atoms in total. The minimum atomic E-state index is -0.206. The van der Waals surface area contributed by atoms with Gasteiger partial charge in [0, 0.05) is 11.8 Å². The van der Waals surface area contributed by atoms with E-state index in [-0.39, 0.29) is 18.1 Å². The number of fused-ring (bicyclic) bond motifs is 1. The van der Waals surface area contributed by atoms with Gasteiger partial charge in [0.25, 0.3) is 0 Å². The Morgan fingerprint density at radius 2 is 1.69 bits per heavy atom. The predicted octanol–water partition coefficient (Wildman–Crippen LogP) is 5.48. The van der Waals surface area contributed by atoms with Crippen LogP contribution in [-0.4, -0.2) is 39.5 Å². The Morgan fingerprint density at radius 1 is 1.03 bits per heavy atom. The number of allylic oxidation sites excluding steroid dienone is 4. The van der Waals surface area contributed by atoms with E-state index >= 15 is 0 Å². The van der Waals surface area contributed by atoms with Crippen LogP contribution in [0.4, 0.5) is 0 Å². The molecule has 2 aromatic rings. The van der Waals surface area contributed by atoms with E-state index < -0.39 is 0 Å². The molecule has 188 valence electrons. The quantitative estimate of drug-likeness (QED) is 0.339. The molecule has 1 aliphatic rings. The van der Waals surface area contributed by atoms with Crippen LogP contribution in [0.2, 0.25) is 0 Å². The number of ether oxygens (including phenoxy) is 4. The number of rotatable bonds is 10. The van der Waals surface area contributed by atoms with Crippen molar-refractivity contribution in [3.63, 3.8) is 0 Å². The highest BCUT2D eigenvalue weighted by Crippen LogP contribution is 2.46. The fourth-order valence-corrected chi connectivity index (χ4v) is 4.02. The monoisotopic (exact) mass is 489 g/mol. The molecule has 0 heterocycles. The summed E-state index contributed by atoms with van der Waals surface area (Å²) in [5.74, 6) is 1.43. The summed E-state index contributed by atoms with van der Waals surface area (Å²) < 4.78 is 21.1. The van der Waals surface area contributed by atoms with E-state index in [4.69, 9.17) is 18.9 Å². The average molecular weight is 490 g/mol. The summed E-state index contributed by atoms with van der Waals surface area (Å²) in [6.07, 6.45) is 5.25. The molecule has 0 saturated heterocycles. The number of carbonyl (C=O) groups is 1. The second-order valence-corrected chi connectivity index (χ2v) is 8.05. The third kappa shape index (κ3) is 5.46. The number of aromatic hydroxyl groups is 1. The van der Waals surface area contributed by atoms with Crippen LogP contribution in [0, 0.1) is 0 Å². The average Bonchev–Trinajstić information content (AvgIpc) is 3.13. The van der Waals surface area contributed by atoms with Crippen LogP contribution in [0.5, 0.6) is 23.0 Å². The highest BCUT2D eigenvalue weighted by atomic mass is 16.5. The van der Waals surface area contributed by atoms with E-state index in [0.29, 0.717) is 28.7 Å². The molecule has 0 aromatic heterocycles. The van der Waals surface area contributed by atoms with Crippen LogP contribution in [0.3, 0.4) is 0 Å². The van der Waals surface area contributed by atoms with Crippen LogP contribution >= 0.6 is 0 Å². The summed E-state index contributed by atoms with van der Waals surface area (Å²) in [6.45, 7) is 9.47. The number of phenolic OH excluding ortho intramolecular Hbond substituents is 1. The zero-order chi connectivity index (χ0) is 26.4. The first-order chi connectivity index (χ1) is 17.3. The van der Waals surface area contributed by atoms with Crippen molar-refractivity contribution in [2.45, 2.75) is 13.3 Å². The van der Waals surface area contributed by atoms with Crippen LogP contribution in [0.25, 0.3) is 17.2 Å². The number of methoxy groups -OCH3 is 4. The van der Waals surface area contributed by atoms with Crippen molar-refractivity contribution >= 4 is 23.1 Å². The third-order valence-electron chi connectivity index (χ3n) is 5.93. The smallest absolute Gasteiger partial charge is 0.228 e. The Morgan fingerprint density at radius 3 is 2.25 bits per heavy atom. The second-order valence-electron chi connectivity index (χ2n) is 8.05. The van der Waals surface area contributed by atoms with Gasteiger partial charge in [-0.15, -0.1) is 0 Å². The summed E-state index contributed by atoms with van der Waals surface area (Å²) in [7, 11) is 6.08. The van der Waals surface area contributed by atoms with Gasteiger partial charge in [-0.3, -0.25) is 4.79 Å². The standard InChI is InChI=1S/C29H31NO6/c1-8-20(11-17(2)33-4)30-28(31)16-24-18(3)23(22-10-9-21(34-5)15-25(22)24)12-19-13-26(35-6)29(32)27(14-19)36-7/h8-15,32H,1-2,16H2,3-7H3,(H,30,31)/b20-11+,23-12-. The van der Waals surface area contributed by atoms with Gasteiger partial charge in [0.15, 0.2) is 11.5 Å². The van der Waals surface area contributed by atoms with E-state index in [0.717, 1.165) is 33.4 Å². The van der Waals surface area contributed by atoms with E-state index in [2.05, 4.69) is 18.5 Å². The molecule has 0 atom stereocenters. The Bertz CT molecular complexity index is 1270. The third-order valence-corrected chi connectivity index (χ3v) is 5.93. The highest BCUT2D eigenvalue weighted by Gasteiger charge is 2.26. The normalized spacial score (nSPS) is 13.8. The van der Waals surface area contributed by atoms with Gasteiger partial charge in [-0.2, -0.15) is 0 Å². The first kappa shape index (κ1) is 26.2. The Labute approximate surface area is 211 Å². The van der Waals surface area contributed by atoms with Crippen molar-refractivity contribution in [1.82, 2.24) is 5.32 Å². The molecule has 7 heteroatoms. The lowest BCUT2D eigenvalue weighted by molar-refractivity contribution is -0.119. The van der Waals surface area contributed by atoms with E-state index in [1.54, 1.807) is 25.3 Å². The van der Waals surface area contributed by atoms with E-state index in [1.807, 2.05) is 31.2 Å². The number of hydrogen-bond donors (Lipinski definition) is 2. The van der Waals surface area contributed by atoms with Crippen LogP contribution in [-0.2, 0) is 9.53 Å². The predicted molar refractivity (Wildman–Crippen MR) is 142 cm³/mol. The summed E-state index contributed by atoms with van der Waals surface area (Å²) in [5, 5.41) is 13.1. The fraction of sp³-hybridized carbons (Fsp3) is 0.207. The van der Waals surface area contributed by atoms with Gasteiger partial charge in [0.2, 0.25) is 11.7 Å². The van der Waals surface area contributed by atoms with Gasteiger partial charge in [-0.05, 0) is 76.8 Å². The topological polar surface area (TPSA) is 86.3 Å². The first-order valence-electron chi connectivity index (χ1n) is 11.2. The molecular weight excluding hydrogens is 458 g/mol. The SMILES string of the molecule is C=C/C(=C\C(=C)OC)NC(=O)CC1=C(C)/C(=C/c2cc(OC)c(O)c(OC)c2)c2ccc(OC)cc21. The van der Waals surface area contributed by atoms with Crippen molar-refractivity contribution in [3.05, 3.63) is 89.4 Å². The zero-order valence-corrected chi connectivity index (χ0v) is 21.2. The number of amides is 1. The maximum Gasteiger partial charge on any atom is 0.228 e. The Kier molecular flexibility index (Phi) is 8.27. The largest absolute Gasteiger partial charge is 0.502 e. The number of nitrogens with one attached hydrogen (secondary N) is 1. The van der Waals surface area contributed by atoms with Crippen molar-refractivity contribution < 1.29 is 28.8 Å².